The van der Waals surface area contributed by atoms with Gasteiger partial charge < -0.3 is 14.8 Å². The summed E-state index contributed by atoms with van der Waals surface area (Å²) in [5, 5.41) is 2.78. The number of nitrogens with one attached hydrogen (secondary N) is 3. The highest BCUT2D eigenvalue weighted by molar-refractivity contribution is 6.05. The van der Waals surface area contributed by atoms with E-state index in [-0.39, 0.29) is 17.2 Å². The molecule has 0 fully saturated rings. The van der Waals surface area contributed by atoms with E-state index in [1.54, 1.807) is 78.9 Å². The molecular weight excluding hydrogens is 522 g/mol. The van der Waals surface area contributed by atoms with Gasteiger partial charge in [-0.3, -0.25) is 25.2 Å². The van der Waals surface area contributed by atoms with Crippen LogP contribution in [0.4, 0.5) is 5.69 Å². The first kappa shape index (κ1) is 28.3. The lowest BCUT2D eigenvalue weighted by molar-refractivity contribution is -0.117. The van der Waals surface area contributed by atoms with Crippen LogP contribution in [0.3, 0.4) is 0 Å². The highest BCUT2D eigenvalue weighted by Crippen LogP contribution is 2.21. The lowest BCUT2D eigenvalue weighted by Gasteiger charge is -2.09. The van der Waals surface area contributed by atoms with E-state index in [1.807, 2.05) is 13.0 Å². The van der Waals surface area contributed by atoms with E-state index in [9.17, 15) is 19.2 Å². The monoisotopic (exact) mass is 549 g/mol. The second-order valence-corrected chi connectivity index (χ2v) is 8.83. The molecule has 0 saturated heterocycles. The number of anilines is 1. The van der Waals surface area contributed by atoms with Crippen molar-refractivity contribution in [3.8, 4) is 11.5 Å². The van der Waals surface area contributed by atoms with Crippen molar-refractivity contribution in [3.63, 3.8) is 0 Å². The van der Waals surface area contributed by atoms with Crippen LogP contribution in [0.1, 0.15) is 42.2 Å². The van der Waals surface area contributed by atoms with Gasteiger partial charge in [0.05, 0.1) is 12.7 Å². The molecule has 0 radical (unpaired) electrons. The van der Waals surface area contributed by atoms with Crippen LogP contribution in [-0.2, 0) is 4.79 Å². The van der Waals surface area contributed by atoms with Gasteiger partial charge in [0.2, 0.25) is 0 Å². The molecule has 0 aliphatic carbocycles. The Bertz CT molecular complexity index is 1590. The van der Waals surface area contributed by atoms with Crippen molar-refractivity contribution in [2.24, 2.45) is 0 Å². The second-order valence-electron chi connectivity index (χ2n) is 8.83. The molecule has 9 nitrogen and oxygen atoms in total. The summed E-state index contributed by atoms with van der Waals surface area (Å²) in [5.74, 6) is -1.10. The largest absolute Gasteiger partial charge is 0.497 e. The normalized spacial score (nSPS) is 10.5. The van der Waals surface area contributed by atoms with E-state index in [2.05, 4.69) is 16.2 Å². The smallest absolute Gasteiger partial charge is 0.343 e. The third-order valence-corrected chi connectivity index (χ3v) is 5.85. The minimum Gasteiger partial charge on any atom is -0.497 e. The molecule has 3 N–H and O–H groups in total. The van der Waals surface area contributed by atoms with Crippen molar-refractivity contribution >= 4 is 35.5 Å². The molecule has 9 heteroatoms. The molecule has 0 atom stereocenters. The number of hydrazine groups is 1. The fraction of sp³-hybridized carbons (Fsp3) is 0.0625. The van der Waals surface area contributed by atoms with Crippen molar-refractivity contribution < 1.29 is 28.7 Å². The SMILES string of the molecule is COc1ccc(C(=O)Oc2ccccc2/C=C/C(=O)NNC(=O)c2ccc(NC(=O)c3cccc(C)c3)cc2)cc1. The summed E-state index contributed by atoms with van der Waals surface area (Å²) in [7, 11) is 1.53. The second kappa shape index (κ2) is 13.4. The number of carbonyl (C=O) groups is 4. The number of methoxy groups -OCH3 is 1. The molecule has 0 heterocycles. The number of hydrogen-bond acceptors (Lipinski definition) is 6. The van der Waals surface area contributed by atoms with Gasteiger partial charge in [0.25, 0.3) is 17.7 Å². The maximum atomic E-state index is 12.5. The van der Waals surface area contributed by atoms with Crippen LogP contribution in [0.5, 0.6) is 11.5 Å². The van der Waals surface area contributed by atoms with Crippen LogP contribution >= 0.6 is 0 Å². The van der Waals surface area contributed by atoms with Crippen molar-refractivity contribution in [2.75, 3.05) is 12.4 Å². The Hall–Kier alpha value is -5.70. The van der Waals surface area contributed by atoms with E-state index in [1.165, 1.54) is 31.4 Å². The van der Waals surface area contributed by atoms with Gasteiger partial charge in [-0.2, -0.15) is 0 Å². The van der Waals surface area contributed by atoms with Crippen molar-refractivity contribution in [1.82, 2.24) is 10.9 Å². The number of aryl methyl sites for hydroxylation is 1. The van der Waals surface area contributed by atoms with Crippen LogP contribution in [0.15, 0.2) is 103 Å². The van der Waals surface area contributed by atoms with Gasteiger partial charge in [-0.25, -0.2) is 4.79 Å². The number of rotatable bonds is 8. The first-order valence-corrected chi connectivity index (χ1v) is 12.5. The third-order valence-electron chi connectivity index (χ3n) is 5.85. The Morgan fingerprint density at radius 1 is 0.707 bits per heavy atom. The van der Waals surface area contributed by atoms with Crippen molar-refractivity contribution in [3.05, 3.63) is 131 Å². The molecule has 0 saturated carbocycles. The van der Waals surface area contributed by atoms with Crippen LogP contribution in [0, 0.1) is 6.92 Å². The molecule has 0 spiro atoms. The van der Waals surface area contributed by atoms with E-state index in [0.717, 1.165) is 5.56 Å². The van der Waals surface area contributed by atoms with Crippen molar-refractivity contribution in [1.29, 1.82) is 0 Å². The standard InChI is InChI=1S/C32H27N3O6/c1-21-6-5-8-25(20-21)30(37)33-26-15-10-23(11-16-26)31(38)35-34-29(36)19-14-22-7-3-4-9-28(22)41-32(39)24-12-17-27(40-2)18-13-24/h3-20H,1-2H3,(H,33,37)(H,34,36)(H,35,38)/b19-14+. The topological polar surface area (TPSA) is 123 Å². The maximum Gasteiger partial charge on any atom is 0.343 e. The molecule has 0 unspecified atom stereocenters. The summed E-state index contributed by atoms with van der Waals surface area (Å²) in [6.07, 6.45) is 2.66. The summed E-state index contributed by atoms with van der Waals surface area (Å²) < 4.78 is 10.6. The van der Waals surface area contributed by atoms with Crippen LogP contribution in [0.25, 0.3) is 6.08 Å². The molecule has 4 aromatic carbocycles. The quantitative estimate of drug-likeness (QED) is 0.124. The number of ether oxygens (including phenoxy) is 2. The Labute approximate surface area is 236 Å². The maximum absolute atomic E-state index is 12.5. The summed E-state index contributed by atoms with van der Waals surface area (Å²) in [6, 6.07) is 26.6. The van der Waals surface area contributed by atoms with Gasteiger partial charge >= 0.3 is 5.97 Å². The molecule has 41 heavy (non-hydrogen) atoms. The summed E-state index contributed by atoms with van der Waals surface area (Å²) in [4.78, 5) is 49.7. The molecule has 0 aromatic heterocycles. The van der Waals surface area contributed by atoms with Crippen LogP contribution in [0.2, 0.25) is 0 Å². The molecule has 4 rings (SSSR count). The Balaban J connectivity index is 1.30. The average molecular weight is 550 g/mol. The lowest BCUT2D eigenvalue weighted by atomic mass is 10.1. The minimum absolute atomic E-state index is 0.260. The van der Waals surface area contributed by atoms with Gasteiger partial charge in [0, 0.05) is 28.5 Å². The van der Waals surface area contributed by atoms with E-state index < -0.39 is 17.8 Å². The molecule has 0 aliphatic rings. The molecule has 3 amide bonds. The predicted octanol–water partition coefficient (Wildman–Crippen LogP) is 4.95. The zero-order valence-electron chi connectivity index (χ0n) is 22.3. The fourth-order valence-electron chi connectivity index (χ4n) is 3.69. The first-order chi connectivity index (χ1) is 19.8. The Morgan fingerprint density at radius 2 is 1.41 bits per heavy atom. The summed E-state index contributed by atoms with van der Waals surface area (Å²) in [5.41, 5.74) is 7.76. The van der Waals surface area contributed by atoms with Gasteiger partial charge in [-0.15, -0.1) is 0 Å². The number of benzene rings is 4. The van der Waals surface area contributed by atoms with Crippen LogP contribution in [-0.4, -0.2) is 30.8 Å². The van der Waals surface area contributed by atoms with E-state index in [4.69, 9.17) is 9.47 Å². The number of esters is 1. The van der Waals surface area contributed by atoms with Gasteiger partial charge in [0.15, 0.2) is 0 Å². The van der Waals surface area contributed by atoms with Gasteiger partial charge in [-0.05, 0) is 79.7 Å². The number of carbonyl (C=O) groups excluding carboxylic acids is 4. The zero-order chi connectivity index (χ0) is 29.2. The highest BCUT2D eigenvalue weighted by Gasteiger charge is 2.12. The van der Waals surface area contributed by atoms with E-state index >= 15 is 0 Å². The molecule has 0 aliphatic heterocycles. The zero-order valence-corrected chi connectivity index (χ0v) is 22.3. The molecule has 4 aromatic rings. The minimum atomic E-state index is -0.600. The Morgan fingerprint density at radius 3 is 2.12 bits per heavy atom. The summed E-state index contributed by atoms with van der Waals surface area (Å²) >= 11 is 0. The van der Waals surface area contributed by atoms with Gasteiger partial charge in [-0.1, -0.05) is 35.9 Å². The number of hydrogen-bond donors (Lipinski definition) is 3. The van der Waals surface area contributed by atoms with Crippen molar-refractivity contribution in [2.45, 2.75) is 6.92 Å². The molecule has 206 valence electrons. The van der Waals surface area contributed by atoms with Crippen LogP contribution < -0.4 is 25.6 Å². The third kappa shape index (κ3) is 7.90. The molecule has 0 bridgehead atoms. The molecular formula is C32H27N3O6. The average Bonchev–Trinajstić information content (AvgIpc) is 2.99. The van der Waals surface area contributed by atoms with Gasteiger partial charge in [0.1, 0.15) is 11.5 Å². The summed E-state index contributed by atoms with van der Waals surface area (Å²) in [6.45, 7) is 1.90. The fourth-order valence-corrected chi connectivity index (χ4v) is 3.69. The predicted molar refractivity (Wildman–Crippen MR) is 155 cm³/mol. The Kier molecular flexibility index (Phi) is 9.25. The number of para-hydroxylation sites is 1. The highest BCUT2D eigenvalue weighted by atomic mass is 16.5. The number of amides is 3. The first-order valence-electron chi connectivity index (χ1n) is 12.5. The van der Waals surface area contributed by atoms with E-state index in [0.29, 0.717) is 28.1 Å². The lowest BCUT2D eigenvalue weighted by Crippen LogP contribution is -2.40.